The van der Waals surface area contributed by atoms with E-state index in [1.54, 1.807) is 0 Å². The second kappa shape index (κ2) is 4.43. The number of ether oxygens (including phenoxy) is 1. The van der Waals surface area contributed by atoms with Crippen molar-refractivity contribution >= 4 is 0 Å². The Balaban J connectivity index is 2.14. The molecule has 1 heterocycles. The maximum Gasteiger partial charge on any atom is 0.0773 e. The molecular weight excluding hydrogens is 180 g/mol. The lowest BCUT2D eigenvalue weighted by atomic mass is 9.72. The third-order valence-electron chi connectivity index (χ3n) is 3.50. The molecule has 1 fully saturated rings. The molecule has 0 aromatic heterocycles. The van der Waals surface area contributed by atoms with Crippen molar-refractivity contribution in [1.82, 2.24) is 0 Å². The number of rotatable bonds is 1. The van der Waals surface area contributed by atoms with Crippen LogP contribution in [0.1, 0.15) is 12.8 Å². The second-order valence-corrected chi connectivity index (χ2v) is 4.24. The van der Waals surface area contributed by atoms with Crippen LogP contribution in [0.4, 0.5) is 0 Å². The highest BCUT2D eigenvalue weighted by Gasteiger charge is 2.35. The molecule has 0 aromatic rings. The van der Waals surface area contributed by atoms with E-state index in [0.717, 1.165) is 26.1 Å². The Bertz CT molecular complexity index is 215. The number of aliphatic hydroxyl groups excluding tert-OH is 2. The second-order valence-electron chi connectivity index (χ2n) is 4.24. The molecule has 0 radical (unpaired) electrons. The molecule has 0 saturated carbocycles. The van der Waals surface area contributed by atoms with Crippen molar-refractivity contribution in [1.29, 1.82) is 0 Å². The molecule has 0 spiro atoms. The minimum atomic E-state index is -0.473. The summed E-state index contributed by atoms with van der Waals surface area (Å²) in [6.45, 7) is 1.64. The van der Waals surface area contributed by atoms with Gasteiger partial charge in [0.15, 0.2) is 0 Å². The molecule has 2 rings (SSSR count). The van der Waals surface area contributed by atoms with E-state index in [1.807, 2.05) is 6.08 Å². The lowest BCUT2D eigenvalue weighted by molar-refractivity contribution is 0.0342. The number of hydrogen-bond donors (Lipinski definition) is 2. The average Bonchev–Trinajstić information content (AvgIpc) is 2.42. The summed E-state index contributed by atoms with van der Waals surface area (Å²) in [5.74, 6) is 0.882. The highest BCUT2D eigenvalue weighted by Crippen LogP contribution is 2.36. The Morgan fingerprint density at radius 1 is 1.21 bits per heavy atom. The van der Waals surface area contributed by atoms with Crippen LogP contribution in [0.3, 0.4) is 0 Å². The van der Waals surface area contributed by atoms with Crippen LogP contribution in [0.25, 0.3) is 0 Å². The Labute approximate surface area is 84.4 Å². The molecule has 1 aliphatic carbocycles. The van der Waals surface area contributed by atoms with Gasteiger partial charge in [0, 0.05) is 25.7 Å². The number of allylic oxidation sites excluding steroid dienone is 1. The predicted molar refractivity (Wildman–Crippen MR) is 52.8 cm³/mol. The van der Waals surface area contributed by atoms with E-state index >= 15 is 0 Å². The zero-order valence-electron chi connectivity index (χ0n) is 8.30. The van der Waals surface area contributed by atoms with Gasteiger partial charge in [-0.1, -0.05) is 12.2 Å². The maximum atomic E-state index is 9.71. The summed E-state index contributed by atoms with van der Waals surface area (Å²) in [4.78, 5) is 0. The fraction of sp³-hybridized carbons (Fsp3) is 0.818. The molecule has 1 saturated heterocycles. The van der Waals surface area contributed by atoms with E-state index in [4.69, 9.17) is 4.74 Å². The van der Waals surface area contributed by atoms with Crippen molar-refractivity contribution in [3.8, 4) is 0 Å². The lowest BCUT2D eigenvalue weighted by Gasteiger charge is -2.35. The molecule has 2 aliphatic rings. The van der Waals surface area contributed by atoms with Gasteiger partial charge in [0.1, 0.15) is 0 Å². The van der Waals surface area contributed by atoms with E-state index in [9.17, 15) is 10.2 Å². The maximum absolute atomic E-state index is 9.71. The highest BCUT2D eigenvalue weighted by molar-refractivity contribution is 5.06. The number of hydrogen-bond acceptors (Lipinski definition) is 3. The van der Waals surface area contributed by atoms with Gasteiger partial charge in [-0.05, 0) is 24.7 Å². The van der Waals surface area contributed by atoms with Crippen LogP contribution in [0, 0.1) is 17.8 Å². The van der Waals surface area contributed by atoms with Gasteiger partial charge in [-0.3, -0.25) is 0 Å². The van der Waals surface area contributed by atoms with Crippen molar-refractivity contribution in [2.45, 2.75) is 18.9 Å². The summed E-state index contributed by atoms with van der Waals surface area (Å²) < 4.78 is 5.42. The summed E-state index contributed by atoms with van der Waals surface area (Å²) >= 11 is 0. The zero-order chi connectivity index (χ0) is 9.97. The van der Waals surface area contributed by atoms with E-state index < -0.39 is 6.10 Å². The first-order chi connectivity index (χ1) is 6.83. The summed E-state index contributed by atoms with van der Waals surface area (Å²) in [5.41, 5.74) is 0. The van der Waals surface area contributed by atoms with Crippen molar-refractivity contribution in [2.75, 3.05) is 19.8 Å². The first-order valence-electron chi connectivity index (χ1n) is 5.38. The quantitative estimate of drug-likeness (QED) is 0.606. The number of aliphatic hydroxyl groups is 2. The summed E-state index contributed by atoms with van der Waals surface area (Å²) in [5, 5.41) is 19.0. The van der Waals surface area contributed by atoms with Crippen LogP contribution in [-0.2, 0) is 4.74 Å². The molecule has 0 aromatic carbocycles. The molecule has 14 heavy (non-hydrogen) atoms. The average molecular weight is 198 g/mol. The molecule has 3 heteroatoms. The van der Waals surface area contributed by atoms with E-state index in [0.29, 0.717) is 11.8 Å². The molecule has 80 valence electrons. The van der Waals surface area contributed by atoms with E-state index in [1.165, 1.54) is 0 Å². The Morgan fingerprint density at radius 2 is 2.00 bits per heavy atom. The Kier molecular flexibility index (Phi) is 3.21. The molecular formula is C11H18O3. The van der Waals surface area contributed by atoms with Gasteiger partial charge in [-0.25, -0.2) is 0 Å². The SMILES string of the molecule is OCC1C(O)C=CC2CCOCCC21. The fourth-order valence-electron chi connectivity index (χ4n) is 2.64. The van der Waals surface area contributed by atoms with Gasteiger partial charge in [0.2, 0.25) is 0 Å². The molecule has 0 amide bonds. The number of fused-ring (bicyclic) bond motifs is 1. The lowest BCUT2D eigenvalue weighted by Crippen LogP contribution is -2.37. The molecule has 4 atom stereocenters. The van der Waals surface area contributed by atoms with Gasteiger partial charge in [0.05, 0.1) is 6.10 Å². The minimum absolute atomic E-state index is 0.00620. The topological polar surface area (TPSA) is 49.7 Å². The van der Waals surface area contributed by atoms with Gasteiger partial charge in [-0.2, -0.15) is 0 Å². The third-order valence-corrected chi connectivity index (χ3v) is 3.50. The summed E-state index contributed by atoms with van der Waals surface area (Å²) in [6.07, 6.45) is 5.42. The van der Waals surface area contributed by atoms with Crippen LogP contribution in [0.2, 0.25) is 0 Å². The monoisotopic (exact) mass is 198 g/mol. The Hall–Kier alpha value is -0.380. The third kappa shape index (κ3) is 1.85. The van der Waals surface area contributed by atoms with Gasteiger partial charge in [-0.15, -0.1) is 0 Å². The first kappa shape index (κ1) is 10.1. The smallest absolute Gasteiger partial charge is 0.0773 e. The predicted octanol–water partition coefficient (Wildman–Crippen LogP) is 0.568. The van der Waals surface area contributed by atoms with E-state index in [2.05, 4.69) is 6.08 Å². The van der Waals surface area contributed by atoms with E-state index in [-0.39, 0.29) is 12.5 Å². The van der Waals surface area contributed by atoms with Crippen molar-refractivity contribution < 1.29 is 14.9 Å². The van der Waals surface area contributed by atoms with Crippen molar-refractivity contribution in [3.05, 3.63) is 12.2 Å². The zero-order valence-corrected chi connectivity index (χ0v) is 8.30. The van der Waals surface area contributed by atoms with Gasteiger partial charge >= 0.3 is 0 Å². The molecule has 1 aliphatic heterocycles. The van der Waals surface area contributed by atoms with Crippen molar-refractivity contribution in [2.24, 2.45) is 17.8 Å². The van der Waals surface area contributed by atoms with Crippen LogP contribution in [-0.4, -0.2) is 36.1 Å². The standard InChI is InChI=1S/C11H18O3/c12-7-10-9-4-6-14-5-3-8(9)1-2-11(10)13/h1-2,8-13H,3-7H2. The van der Waals surface area contributed by atoms with Crippen LogP contribution in [0.5, 0.6) is 0 Å². The van der Waals surface area contributed by atoms with Crippen LogP contribution in [0.15, 0.2) is 12.2 Å². The molecule has 0 bridgehead atoms. The Morgan fingerprint density at radius 3 is 2.79 bits per heavy atom. The van der Waals surface area contributed by atoms with Gasteiger partial charge < -0.3 is 14.9 Å². The fourth-order valence-corrected chi connectivity index (χ4v) is 2.64. The molecule has 2 N–H and O–H groups in total. The highest BCUT2D eigenvalue weighted by atomic mass is 16.5. The molecule has 4 unspecified atom stereocenters. The molecule has 3 nitrogen and oxygen atoms in total. The van der Waals surface area contributed by atoms with Crippen molar-refractivity contribution in [3.63, 3.8) is 0 Å². The normalized spacial score (nSPS) is 43.0. The summed E-state index contributed by atoms with van der Waals surface area (Å²) in [6, 6.07) is 0. The van der Waals surface area contributed by atoms with Gasteiger partial charge in [0.25, 0.3) is 0 Å². The summed E-state index contributed by atoms with van der Waals surface area (Å²) in [7, 11) is 0. The largest absolute Gasteiger partial charge is 0.396 e. The minimum Gasteiger partial charge on any atom is -0.396 e. The van der Waals surface area contributed by atoms with Crippen LogP contribution >= 0.6 is 0 Å². The van der Waals surface area contributed by atoms with Crippen LogP contribution < -0.4 is 0 Å². The first-order valence-corrected chi connectivity index (χ1v) is 5.38.